The Morgan fingerprint density at radius 2 is 2.21 bits per heavy atom. The minimum Gasteiger partial charge on any atom is -0.370 e. The van der Waals surface area contributed by atoms with Crippen LogP contribution in [0.25, 0.3) is 5.82 Å². The van der Waals surface area contributed by atoms with Crippen molar-refractivity contribution in [3.05, 3.63) is 42.1 Å². The number of likely N-dealkylation sites (tertiary alicyclic amines) is 1. The summed E-state index contributed by atoms with van der Waals surface area (Å²) < 4.78 is 1.95. The molecule has 1 aliphatic heterocycles. The number of carbonyl (C=O) groups excluding carboxylic acids is 1. The fourth-order valence-electron chi connectivity index (χ4n) is 3.51. The lowest BCUT2D eigenvalue weighted by Gasteiger charge is -2.34. The number of pyridine rings is 1. The van der Waals surface area contributed by atoms with E-state index in [9.17, 15) is 4.79 Å². The average Bonchev–Trinajstić information content (AvgIpc) is 3.08. The molecule has 2 aromatic heterocycles. The molecule has 152 valence electrons. The molecule has 0 aromatic carbocycles. The van der Waals surface area contributed by atoms with E-state index in [2.05, 4.69) is 25.2 Å². The molecule has 1 aliphatic rings. The Labute approximate surface area is 182 Å². The van der Waals surface area contributed by atoms with Crippen LogP contribution in [0.4, 0.5) is 0 Å². The Balaban J connectivity index is 0.00000280. The van der Waals surface area contributed by atoms with Crippen LogP contribution in [-0.4, -0.2) is 51.4 Å². The molecular formula is C19H28IN7O. The molecule has 3 N–H and O–H groups in total. The van der Waals surface area contributed by atoms with E-state index in [1.807, 2.05) is 36.0 Å². The van der Waals surface area contributed by atoms with Crippen molar-refractivity contribution in [3.8, 4) is 5.82 Å². The third kappa shape index (κ3) is 5.66. The summed E-state index contributed by atoms with van der Waals surface area (Å²) in [6.07, 6.45) is 8.04. The zero-order chi connectivity index (χ0) is 19.2. The Morgan fingerprint density at radius 1 is 1.39 bits per heavy atom. The maximum Gasteiger partial charge on any atom is 0.217 e. The zero-order valence-electron chi connectivity index (χ0n) is 16.3. The molecule has 28 heavy (non-hydrogen) atoms. The van der Waals surface area contributed by atoms with Crippen molar-refractivity contribution < 1.29 is 4.79 Å². The van der Waals surface area contributed by atoms with Gasteiger partial charge in [0.1, 0.15) is 11.6 Å². The van der Waals surface area contributed by atoms with Crippen molar-refractivity contribution in [2.45, 2.75) is 32.7 Å². The van der Waals surface area contributed by atoms with Crippen molar-refractivity contribution in [2.24, 2.45) is 16.6 Å². The number of imidazole rings is 1. The number of aliphatic imine (C=N–C) groups is 1. The minimum absolute atomic E-state index is 0. The molecule has 0 spiro atoms. The Morgan fingerprint density at radius 3 is 2.82 bits per heavy atom. The lowest BCUT2D eigenvalue weighted by molar-refractivity contribution is -0.119. The second-order valence-electron chi connectivity index (χ2n) is 6.89. The summed E-state index contributed by atoms with van der Waals surface area (Å²) in [5.41, 5.74) is 6.43. The lowest BCUT2D eigenvalue weighted by atomic mass is 9.95. The summed E-state index contributed by atoms with van der Waals surface area (Å²) >= 11 is 0. The van der Waals surface area contributed by atoms with Crippen LogP contribution in [0.3, 0.4) is 0 Å². The zero-order valence-corrected chi connectivity index (χ0v) is 18.7. The summed E-state index contributed by atoms with van der Waals surface area (Å²) in [5.74, 6) is 2.67. The monoisotopic (exact) mass is 497 g/mol. The van der Waals surface area contributed by atoms with Gasteiger partial charge in [-0.05, 0) is 37.3 Å². The molecular weight excluding hydrogens is 469 g/mol. The molecule has 3 heterocycles. The predicted octanol–water partition coefficient (Wildman–Crippen LogP) is 1.86. The van der Waals surface area contributed by atoms with E-state index in [1.165, 1.54) is 0 Å². The van der Waals surface area contributed by atoms with Crippen LogP contribution >= 0.6 is 24.0 Å². The number of hydrogen-bond donors (Lipinski definition) is 2. The van der Waals surface area contributed by atoms with E-state index >= 15 is 0 Å². The van der Waals surface area contributed by atoms with Crippen molar-refractivity contribution >= 4 is 35.8 Å². The first kappa shape index (κ1) is 22.1. The van der Waals surface area contributed by atoms with Crippen molar-refractivity contribution in [1.29, 1.82) is 0 Å². The van der Waals surface area contributed by atoms with Gasteiger partial charge in [-0.2, -0.15) is 0 Å². The van der Waals surface area contributed by atoms with E-state index < -0.39 is 0 Å². The molecule has 1 amide bonds. The molecule has 1 saturated heterocycles. The van der Waals surface area contributed by atoms with E-state index in [-0.39, 0.29) is 29.9 Å². The number of hydrogen-bond acceptors (Lipinski definition) is 4. The maximum absolute atomic E-state index is 11.2. The summed E-state index contributed by atoms with van der Waals surface area (Å²) in [7, 11) is 1.78. The number of nitrogens with two attached hydrogens (primary N) is 1. The van der Waals surface area contributed by atoms with Gasteiger partial charge in [-0.1, -0.05) is 6.07 Å². The van der Waals surface area contributed by atoms with Gasteiger partial charge in [-0.25, -0.2) is 9.97 Å². The first-order valence-corrected chi connectivity index (χ1v) is 9.26. The van der Waals surface area contributed by atoms with Gasteiger partial charge in [-0.3, -0.25) is 14.4 Å². The third-order valence-electron chi connectivity index (χ3n) is 4.85. The van der Waals surface area contributed by atoms with Crippen LogP contribution in [0.5, 0.6) is 0 Å². The minimum atomic E-state index is -0.232. The fraction of sp³-hybridized carbons (Fsp3) is 0.474. The number of piperidine rings is 1. The molecule has 9 heteroatoms. The first-order valence-electron chi connectivity index (χ1n) is 9.26. The van der Waals surface area contributed by atoms with Gasteiger partial charge in [0.05, 0.1) is 0 Å². The van der Waals surface area contributed by atoms with Gasteiger partial charge >= 0.3 is 0 Å². The van der Waals surface area contributed by atoms with Crippen molar-refractivity contribution in [2.75, 3.05) is 20.1 Å². The van der Waals surface area contributed by atoms with Crippen LogP contribution in [0.15, 0.2) is 35.7 Å². The van der Waals surface area contributed by atoms with E-state index in [1.54, 1.807) is 13.2 Å². The van der Waals surface area contributed by atoms with Gasteiger partial charge < -0.3 is 16.0 Å². The number of aryl methyl sites for hydroxylation is 1. The predicted molar refractivity (Wildman–Crippen MR) is 120 cm³/mol. The molecule has 1 fully saturated rings. The molecule has 1 atom stereocenters. The van der Waals surface area contributed by atoms with Crippen LogP contribution in [0.2, 0.25) is 0 Å². The van der Waals surface area contributed by atoms with Gasteiger partial charge in [-0.15, -0.1) is 24.0 Å². The molecule has 0 radical (unpaired) electrons. The number of aromatic nitrogens is 3. The Kier molecular flexibility index (Phi) is 8.21. The number of rotatable bonds is 5. The van der Waals surface area contributed by atoms with Crippen molar-refractivity contribution in [3.63, 3.8) is 0 Å². The van der Waals surface area contributed by atoms with Crippen LogP contribution in [0.1, 0.15) is 30.7 Å². The molecule has 3 rings (SSSR count). The number of nitrogens with one attached hydrogen (secondary N) is 1. The van der Waals surface area contributed by atoms with Crippen LogP contribution in [0, 0.1) is 12.8 Å². The van der Waals surface area contributed by atoms with E-state index in [0.29, 0.717) is 18.9 Å². The molecule has 0 aliphatic carbocycles. The SMILES string of the molecule is CN=C(NCc1ccc(-n2ccnc2C)nc1)N1CCCC(CC(N)=O)C1.I. The second-order valence-corrected chi connectivity index (χ2v) is 6.89. The highest BCUT2D eigenvalue weighted by Crippen LogP contribution is 2.19. The van der Waals surface area contributed by atoms with Gasteiger partial charge in [0.25, 0.3) is 0 Å². The highest BCUT2D eigenvalue weighted by molar-refractivity contribution is 14.0. The standard InChI is InChI=1S/C19H27N7O.HI/c1-14-22-7-9-26(14)18-6-5-16(11-23-18)12-24-19(21-2)25-8-3-4-15(13-25)10-17(20)27;/h5-7,9,11,15H,3-4,8,10,12-13H2,1-2H3,(H2,20,27)(H,21,24);1H. The Hall–Kier alpha value is -2.17. The van der Waals surface area contributed by atoms with Gasteiger partial charge in [0.2, 0.25) is 5.91 Å². The molecule has 0 bridgehead atoms. The third-order valence-corrected chi connectivity index (χ3v) is 4.85. The normalized spacial score (nSPS) is 17.1. The smallest absolute Gasteiger partial charge is 0.217 e. The number of nitrogens with zero attached hydrogens (tertiary/aromatic N) is 5. The van der Waals surface area contributed by atoms with Crippen LogP contribution < -0.4 is 11.1 Å². The quantitative estimate of drug-likeness (QED) is 0.373. The number of primary amides is 1. The highest BCUT2D eigenvalue weighted by atomic mass is 127. The topological polar surface area (TPSA) is 101 Å². The van der Waals surface area contributed by atoms with Gasteiger partial charge in [0, 0.05) is 51.7 Å². The summed E-state index contributed by atoms with van der Waals surface area (Å²) in [6, 6.07) is 4.03. The highest BCUT2D eigenvalue weighted by Gasteiger charge is 2.23. The number of amides is 1. The summed E-state index contributed by atoms with van der Waals surface area (Å²) in [4.78, 5) is 26.5. The second kappa shape index (κ2) is 10.4. The van der Waals surface area contributed by atoms with E-state index in [4.69, 9.17) is 5.73 Å². The summed E-state index contributed by atoms with van der Waals surface area (Å²) in [5, 5.41) is 3.40. The molecule has 0 saturated carbocycles. The van der Waals surface area contributed by atoms with Gasteiger partial charge in [0.15, 0.2) is 5.96 Å². The largest absolute Gasteiger partial charge is 0.370 e. The number of guanidine groups is 1. The molecule has 2 aromatic rings. The fourth-order valence-corrected chi connectivity index (χ4v) is 3.51. The average molecular weight is 497 g/mol. The van der Waals surface area contributed by atoms with E-state index in [0.717, 1.165) is 49.1 Å². The molecule has 8 nitrogen and oxygen atoms in total. The number of carbonyl (C=O) groups is 1. The maximum atomic E-state index is 11.2. The first-order chi connectivity index (χ1) is 13.1. The van der Waals surface area contributed by atoms with Crippen LogP contribution in [-0.2, 0) is 11.3 Å². The van der Waals surface area contributed by atoms with Crippen molar-refractivity contribution in [1.82, 2.24) is 24.8 Å². The summed E-state index contributed by atoms with van der Waals surface area (Å²) in [6.45, 7) is 4.33. The molecule has 1 unspecified atom stereocenters. The number of halogens is 1. The lowest BCUT2D eigenvalue weighted by Crippen LogP contribution is -2.46. The Bertz CT molecular complexity index is 803.